The van der Waals surface area contributed by atoms with E-state index >= 15 is 0 Å². The third kappa shape index (κ3) is 3.60. The van der Waals surface area contributed by atoms with E-state index in [0.29, 0.717) is 17.6 Å². The van der Waals surface area contributed by atoms with Crippen LogP contribution < -0.4 is 9.88 Å². The maximum atomic E-state index is 12.5. The van der Waals surface area contributed by atoms with Gasteiger partial charge in [0, 0.05) is 0 Å². The van der Waals surface area contributed by atoms with E-state index < -0.39 is 10.0 Å². The van der Waals surface area contributed by atoms with E-state index in [2.05, 4.69) is 0 Å². The van der Waals surface area contributed by atoms with Crippen molar-refractivity contribution in [1.29, 1.82) is 0 Å². The second-order valence-electron chi connectivity index (χ2n) is 7.99. The van der Waals surface area contributed by atoms with E-state index in [9.17, 15) is 13.2 Å². The van der Waals surface area contributed by atoms with Gasteiger partial charge in [0.1, 0.15) is 19.0 Å². The maximum absolute atomic E-state index is 12.5. The summed E-state index contributed by atoms with van der Waals surface area (Å²) in [6.45, 7) is 0.451. The van der Waals surface area contributed by atoms with Crippen molar-refractivity contribution in [2.45, 2.75) is 37.0 Å². The summed E-state index contributed by atoms with van der Waals surface area (Å²) in [5.74, 6) is 3.25. The van der Waals surface area contributed by atoms with Crippen LogP contribution in [0.15, 0.2) is 29.2 Å². The normalized spacial score (nSPS) is 32.4. The van der Waals surface area contributed by atoms with Gasteiger partial charge in [-0.3, -0.25) is 4.79 Å². The standard InChI is InChI=1S/C19H25NO5S/c20-26(22,23)17-3-1-16(2-4-17)24-5-6-25-19(21)18-14-8-12-7-13(10-14)11-15(18)9-12/h1-4,12-15,18H,5-11H2,(H2,20,22,23). The fourth-order valence-electron chi connectivity index (χ4n) is 5.43. The van der Waals surface area contributed by atoms with Gasteiger partial charge in [0.2, 0.25) is 10.0 Å². The molecule has 2 N–H and O–H groups in total. The lowest BCUT2D eigenvalue weighted by Gasteiger charge is -2.53. The van der Waals surface area contributed by atoms with E-state index in [0.717, 1.165) is 11.8 Å². The fourth-order valence-corrected chi connectivity index (χ4v) is 5.95. The minimum absolute atomic E-state index is 0.0400. The predicted molar refractivity (Wildman–Crippen MR) is 94.8 cm³/mol. The monoisotopic (exact) mass is 379 g/mol. The van der Waals surface area contributed by atoms with Gasteiger partial charge in [-0.2, -0.15) is 0 Å². The molecule has 142 valence electrons. The van der Waals surface area contributed by atoms with Crippen LogP contribution in [0.25, 0.3) is 0 Å². The van der Waals surface area contributed by atoms with Crippen molar-refractivity contribution >= 4 is 16.0 Å². The first-order valence-corrected chi connectivity index (χ1v) is 10.9. The zero-order valence-electron chi connectivity index (χ0n) is 14.7. The second kappa shape index (κ2) is 6.85. The molecule has 26 heavy (non-hydrogen) atoms. The largest absolute Gasteiger partial charge is 0.490 e. The molecular formula is C19H25NO5S. The van der Waals surface area contributed by atoms with E-state index in [4.69, 9.17) is 14.6 Å². The van der Waals surface area contributed by atoms with Gasteiger partial charge in [0.25, 0.3) is 0 Å². The number of ether oxygens (including phenoxy) is 2. The van der Waals surface area contributed by atoms with Crippen LogP contribution >= 0.6 is 0 Å². The number of rotatable bonds is 6. The van der Waals surface area contributed by atoms with Gasteiger partial charge in [0.15, 0.2) is 0 Å². The highest BCUT2D eigenvalue weighted by Crippen LogP contribution is 2.56. The zero-order valence-corrected chi connectivity index (χ0v) is 15.5. The summed E-state index contributed by atoms with van der Waals surface area (Å²) >= 11 is 0. The number of nitrogens with two attached hydrogens (primary N) is 1. The van der Waals surface area contributed by atoms with Crippen molar-refractivity contribution in [1.82, 2.24) is 0 Å². The van der Waals surface area contributed by atoms with Gasteiger partial charge >= 0.3 is 5.97 Å². The summed E-state index contributed by atoms with van der Waals surface area (Å²) < 4.78 is 33.4. The Balaban J connectivity index is 1.24. The van der Waals surface area contributed by atoms with Gasteiger partial charge < -0.3 is 9.47 Å². The van der Waals surface area contributed by atoms with Crippen molar-refractivity contribution in [2.75, 3.05) is 13.2 Å². The van der Waals surface area contributed by atoms with Gasteiger partial charge in [-0.15, -0.1) is 0 Å². The van der Waals surface area contributed by atoms with Crippen LogP contribution in [-0.4, -0.2) is 27.6 Å². The smallest absolute Gasteiger partial charge is 0.309 e. The van der Waals surface area contributed by atoms with E-state index in [1.165, 1.54) is 44.2 Å². The Morgan fingerprint density at radius 1 is 0.962 bits per heavy atom. The molecule has 4 aliphatic carbocycles. The topological polar surface area (TPSA) is 95.7 Å². The first-order valence-electron chi connectivity index (χ1n) is 9.32. The van der Waals surface area contributed by atoms with E-state index in [1.54, 1.807) is 12.1 Å². The first kappa shape index (κ1) is 17.8. The molecule has 4 saturated carbocycles. The molecule has 0 spiro atoms. The molecule has 0 unspecified atom stereocenters. The minimum Gasteiger partial charge on any atom is -0.490 e. The molecule has 0 amide bonds. The fraction of sp³-hybridized carbons (Fsp3) is 0.632. The van der Waals surface area contributed by atoms with Crippen LogP contribution in [-0.2, 0) is 19.6 Å². The number of carbonyl (C=O) groups is 1. The number of primary sulfonamides is 1. The quantitative estimate of drug-likeness (QED) is 0.604. The highest BCUT2D eigenvalue weighted by molar-refractivity contribution is 7.89. The molecule has 0 saturated heterocycles. The molecule has 0 aromatic heterocycles. The van der Waals surface area contributed by atoms with Gasteiger partial charge in [-0.05, 0) is 80.0 Å². The molecule has 0 aliphatic heterocycles. The summed E-state index contributed by atoms with van der Waals surface area (Å²) in [4.78, 5) is 12.6. The molecule has 0 heterocycles. The molecule has 5 rings (SSSR count). The minimum atomic E-state index is -3.70. The van der Waals surface area contributed by atoms with Crippen molar-refractivity contribution < 1.29 is 22.7 Å². The van der Waals surface area contributed by atoms with Crippen molar-refractivity contribution in [3.05, 3.63) is 24.3 Å². The summed E-state index contributed by atoms with van der Waals surface area (Å²) in [7, 11) is -3.70. The molecule has 4 bridgehead atoms. The number of benzene rings is 1. The van der Waals surface area contributed by atoms with Crippen LogP contribution in [0.5, 0.6) is 5.75 Å². The predicted octanol–water partition coefficient (Wildman–Crippen LogP) is 2.33. The Morgan fingerprint density at radius 2 is 1.54 bits per heavy atom. The molecular weight excluding hydrogens is 354 g/mol. The lowest BCUT2D eigenvalue weighted by Crippen LogP contribution is -2.48. The molecule has 1 aromatic carbocycles. The zero-order chi connectivity index (χ0) is 18.3. The first-order chi connectivity index (χ1) is 12.4. The van der Waals surface area contributed by atoms with Crippen LogP contribution in [0.3, 0.4) is 0 Å². The molecule has 4 fully saturated rings. The molecule has 4 aliphatic rings. The molecule has 0 radical (unpaired) electrons. The van der Waals surface area contributed by atoms with Gasteiger partial charge in [-0.1, -0.05) is 0 Å². The van der Waals surface area contributed by atoms with Crippen LogP contribution in [0.1, 0.15) is 32.1 Å². The van der Waals surface area contributed by atoms with E-state index in [-0.39, 0.29) is 30.0 Å². The Kier molecular flexibility index (Phi) is 4.69. The van der Waals surface area contributed by atoms with Crippen LogP contribution in [0, 0.1) is 29.6 Å². The highest BCUT2D eigenvalue weighted by atomic mass is 32.2. The van der Waals surface area contributed by atoms with Crippen molar-refractivity contribution in [3.8, 4) is 5.75 Å². The average Bonchev–Trinajstić information content (AvgIpc) is 2.57. The number of esters is 1. The maximum Gasteiger partial charge on any atom is 0.309 e. The average molecular weight is 379 g/mol. The highest BCUT2D eigenvalue weighted by Gasteiger charge is 2.51. The molecule has 0 atom stereocenters. The van der Waals surface area contributed by atoms with Crippen LogP contribution in [0.4, 0.5) is 0 Å². The Bertz CT molecular complexity index is 746. The molecule has 6 nitrogen and oxygen atoms in total. The Morgan fingerprint density at radius 3 is 2.08 bits per heavy atom. The lowest BCUT2D eigenvalue weighted by atomic mass is 9.52. The summed E-state index contributed by atoms with van der Waals surface area (Å²) in [6, 6.07) is 5.87. The number of sulfonamides is 1. The van der Waals surface area contributed by atoms with Crippen molar-refractivity contribution in [3.63, 3.8) is 0 Å². The third-order valence-corrected chi connectivity index (χ3v) is 7.18. The third-order valence-electron chi connectivity index (χ3n) is 6.25. The van der Waals surface area contributed by atoms with Gasteiger partial charge in [0.05, 0.1) is 10.8 Å². The number of hydrogen-bond acceptors (Lipinski definition) is 5. The van der Waals surface area contributed by atoms with Crippen molar-refractivity contribution in [2.24, 2.45) is 34.7 Å². The number of hydrogen-bond donors (Lipinski definition) is 1. The Hall–Kier alpha value is -1.60. The SMILES string of the molecule is NS(=O)(=O)c1ccc(OCCOC(=O)C2C3CC4CC(C3)CC2C4)cc1. The Labute approximate surface area is 154 Å². The number of carbonyl (C=O) groups excluding carboxylic acids is 1. The summed E-state index contributed by atoms with van der Waals surface area (Å²) in [5, 5.41) is 5.06. The molecule has 1 aromatic rings. The van der Waals surface area contributed by atoms with E-state index in [1.807, 2.05) is 0 Å². The summed E-state index contributed by atoms with van der Waals surface area (Å²) in [5.41, 5.74) is 0. The van der Waals surface area contributed by atoms with Crippen LogP contribution in [0.2, 0.25) is 0 Å². The van der Waals surface area contributed by atoms with Gasteiger partial charge in [-0.25, -0.2) is 13.6 Å². The second-order valence-corrected chi connectivity index (χ2v) is 9.55. The molecule has 7 heteroatoms. The lowest BCUT2D eigenvalue weighted by molar-refractivity contribution is -0.163. The summed E-state index contributed by atoms with van der Waals surface area (Å²) in [6.07, 6.45) is 6.14.